The summed E-state index contributed by atoms with van der Waals surface area (Å²) in [7, 11) is -7.59. The molecule has 78 heavy (non-hydrogen) atoms. The summed E-state index contributed by atoms with van der Waals surface area (Å²) in [5.74, 6) is 1.51. The average molecular weight is 1170 g/mol. The van der Waals surface area contributed by atoms with Gasteiger partial charge >= 0.3 is 0 Å². The lowest BCUT2D eigenvalue weighted by atomic mass is 9.61. The first-order valence-electron chi connectivity index (χ1n) is 24.5. The average Bonchev–Trinajstić information content (AvgIpc) is 4.14. The van der Waals surface area contributed by atoms with E-state index in [4.69, 9.17) is 65.4 Å². The van der Waals surface area contributed by atoms with Gasteiger partial charge in [-0.2, -0.15) is 10.5 Å². The number of alkyl halides is 2. The minimum atomic E-state index is -3.95. The van der Waals surface area contributed by atoms with E-state index in [0.29, 0.717) is 46.9 Å². The van der Waals surface area contributed by atoms with Gasteiger partial charge in [-0.25, -0.2) is 41.5 Å². The molecule has 2 atom stereocenters. The van der Waals surface area contributed by atoms with Gasteiger partial charge in [0.15, 0.2) is 11.5 Å². The Bertz CT molecular complexity index is 3570. The lowest BCUT2D eigenvalue weighted by Gasteiger charge is -2.42. The molecule has 404 valence electrons. The van der Waals surface area contributed by atoms with Crippen LogP contribution in [0, 0.1) is 22.7 Å². The Kier molecular flexibility index (Phi) is 18.6. The predicted octanol–water partition coefficient (Wildman–Crippen LogP) is 11.9. The number of aromatic nitrogens is 4. The molecule has 16 nitrogen and oxygen atoms in total. The van der Waals surface area contributed by atoms with Crippen molar-refractivity contribution in [3.8, 4) is 35.1 Å². The van der Waals surface area contributed by atoms with Crippen molar-refractivity contribution >= 4 is 78.3 Å². The standard InChI is InChI=1S/C56H52Cl4N8O8S2/c1-55(41-28-37(32-61)51(49(59)30-41)73-26-22-57,39-12-16-45(17-13-39)75-34-43-20-24-63-53(65-43)67-77(69,70)47-8-4-3-5-9-47)36-56(2,42-29-38(33-62)52(50(60)31-42)74-27-23-58)40-14-18-46(19-15-40)76-35-44-21-25-64-54(66-44)68-78(71,72)48-10-6-7-11-48/h3-5,8-9,12-21,24-25,28-31,48H,6-7,10-11,22-23,26-27,34-36H2,1-2H3,(H,63,65,67)(H,64,66,68). The van der Waals surface area contributed by atoms with Gasteiger partial charge in [0.25, 0.3) is 10.0 Å². The fraction of sp³-hybridized carbons (Fsp3) is 0.286. The maximum Gasteiger partial charge on any atom is 0.264 e. The summed E-state index contributed by atoms with van der Waals surface area (Å²) in [6, 6.07) is 37.5. The molecule has 0 saturated heterocycles. The minimum Gasteiger partial charge on any atom is -0.489 e. The number of nitrogens with zero attached hydrogens (tertiary/aromatic N) is 6. The summed E-state index contributed by atoms with van der Waals surface area (Å²) in [6.45, 7) is 4.25. The fourth-order valence-corrected chi connectivity index (χ4v) is 12.6. The highest BCUT2D eigenvalue weighted by Gasteiger charge is 2.42. The van der Waals surface area contributed by atoms with Crippen LogP contribution in [0.15, 0.2) is 133 Å². The summed E-state index contributed by atoms with van der Waals surface area (Å²) in [5.41, 5.74) is 2.06. The summed E-state index contributed by atoms with van der Waals surface area (Å²) < 4.78 is 81.1. The molecule has 0 aliphatic heterocycles. The number of nitriles is 2. The SMILES string of the molecule is CC(CC(C)(c1ccc(OCc2ccnc(NS(=O)(=O)C3CCCC3)n2)cc1)c1cc(Cl)c(OCCCl)c(C#N)c1)(c1ccc(OCc2ccnc(NS(=O)(=O)c3ccccc3)n2)cc1)c1cc(Cl)c(OCCCl)c(C#N)c1. The van der Waals surface area contributed by atoms with Gasteiger partial charge in [0.05, 0.1) is 54.5 Å². The number of benzene rings is 5. The first kappa shape index (κ1) is 57.3. The lowest BCUT2D eigenvalue weighted by Crippen LogP contribution is -2.36. The quantitative estimate of drug-likeness (QED) is 0.0537. The zero-order chi connectivity index (χ0) is 55.5. The topological polar surface area (TPSA) is 228 Å². The van der Waals surface area contributed by atoms with E-state index in [1.807, 2.05) is 38.1 Å². The number of nitrogens with one attached hydrogen (secondary N) is 2. The monoisotopic (exact) mass is 1170 g/mol. The molecule has 1 saturated carbocycles. The van der Waals surface area contributed by atoms with Crippen LogP contribution >= 0.6 is 46.4 Å². The highest BCUT2D eigenvalue weighted by Crippen LogP contribution is 2.50. The van der Waals surface area contributed by atoms with Crippen molar-refractivity contribution in [2.24, 2.45) is 0 Å². The number of sulfonamides is 2. The van der Waals surface area contributed by atoms with E-state index in [9.17, 15) is 27.4 Å². The van der Waals surface area contributed by atoms with Gasteiger partial charge in [0.1, 0.15) is 50.1 Å². The highest BCUT2D eigenvalue weighted by atomic mass is 35.5. The molecule has 2 unspecified atom stereocenters. The summed E-state index contributed by atoms with van der Waals surface area (Å²) in [4.78, 5) is 17.1. The molecule has 5 aromatic carbocycles. The third-order valence-corrected chi connectivity index (χ3v) is 17.4. The largest absolute Gasteiger partial charge is 0.489 e. The Morgan fingerprint density at radius 2 is 1.05 bits per heavy atom. The Balaban J connectivity index is 1.14. The van der Waals surface area contributed by atoms with Gasteiger partial charge in [-0.1, -0.05) is 92.4 Å². The zero-order valence-electron chi connectivity index (χ0n) is 42.3. The zero-order valence-corrected chi connectivity index (χ0v) is 46.9. The van der Waals surface area contributed by atoms with Crippen LogP contribution in [0.2, 0.25) is 10.0 Å². The van der Waals surface area contributed by atoms with Gasteiger partial charge in [-0.3, -0.25) is 4.72 Å². The molecule has 22 heteroatoms. The van der Waals surface area contributed by atoms with Crippen LogP contribution in [0.25, 0.3) is 0 Å². The Labute approximate surface area is 473 Å². The van der Waals surface area contributed by atoms with E-state index < -0.39 is 36.1 Å². The second-order valence-electron chi connectivity index (χ2n) is 18.7. The van der Waals surface area contributed by atoms with Crippen LogP contribution in [0.5, 0.6) is 23.0 Å². The van der Waals surface area contributed by atoms with Crippen molar-refractivity contribution in [1.29, 1.82) is 10.5 Å². The van der Waals surface area contributed by atoms with Gasteiger partial charge in [-0.05, 0) is 114 Å². The van der Waals surface area contributed by atoms with E-state index in [0.717, 1.165) is 24.0 Å². The molecular formula is C56H52Cl4N8O8S2. The van der Waals surface area contributed by atoms with E-state index >= 15 is 0 Å². The summed E-state index contributed by atoms with van der Waals surface area (Å²) in [5, 5.41) is 21.0. The van der Waals surface area contributed by atoms with Crippen molar-refractivity contribution < 1.29 is 35.8 Å². The third-order valence-electron chi connectivity index (χ3n) is 13.4. The number of anilines is 2. The van der Waals surface area contributed by atoms with Crippen LogP contribution < -0.4 is 28.4 Å². The van der Waals surface area contributed by atoms with Crippen LogP contribution in [-0.4, -0.2) is 67.0 Å². The molecule has 8 rings (SSSR count). The summed E-state index contributed by atoms with van der Waals surface area (Å²) >= 11 is 26.0. The molecule has 1 aliphatic carbocycles. The molecule has 2 N–H and O–H groups in total. The lowest BCUT2D eigenvalue weighted by molar-refractivity contribution is 0.300. The van der Waals surface area contributed by atoms with E-state index in [-0.39, 0.29) is 94.1 Å². The van der Waals surface area contributed by atoms with Crippen molar-refractivity contribution in [3.63, 3.8) is 0 Å². The second-order valence-corrected chi connectivity index (χ2v) is 23.9. The number of rotatable bonds is 24. The van der Waals surface area contributed by atoms with Crippen molar-refractivity contribution in [3.05, 3.63) is 182 Å². The number of hydrogen-bond acceptors (Lipinski definition) is 14. The molecule has 0 radical (unpaired) electrons. The summed E-state index contributed by atoms with van der Waals surface area (Å²) in [6.07, 6.45) is 6.06. The Morgan fingerprint density at radius 3 is 1.49 bits per heavy atom. The first-order chi connectivity index (χ1) is 37.5. The highest BCUT2D eigenvalue weighted by molar-refractivity contribution is 7.93. The molecule has 0 spiro atoms. The first-order valence-corrected chi connectivity index (χ1v) is 29.4. The van der Waals surface area contributed by atoms with Crippen molar-refractivity contribution in [2.45, 2.75) is 80.1 Å². The van der Waals surface area contributed by atoms with Gasteiger partial charge in [0, 0.05) is 23.2 Å². The van der Waals surface area contributed by atoms with Crippen LogP contribution in [-0.2, 0) is 44.1 Å². The molecule has 2 heterocycles. The predicted molar refractivity (Wildman–Crippen MR) is 300 cm³/mol. The van der Waals surface area contributed by atoms with Crippen LogP contribution in [0.1, 0.15) is 90.7 Å². The molecule has 0 bridgehead atoms. The van der Waals surface area contributed by atoms with E-state index in [2.05, 4.69) is 41.5 Å². The van der Waals surface area contributed by atoms with Gasteiger partial charge in [-0.15, -0.1) is 23.2 Å². The van der Waals surface area contributed by atoms with Crippen LogP contribution in [0.4, 0.5) is 11.9 Å². The molecule has 0 amide bonds. The van der Waals surface area contributed by atoms with Crippen molar-refractivity contribution in [1.82, 2.24) is 19.9 Å². The van der Waals surface area contributed by atoms with E-state index in [1.165, 1.54) is 24.5 Å². The second kappa shape index (κ2) is 25.3. The molecule has 1 aliphatic rings. The molecule has 2 aromatic heterocycles. The third kappa shape index (κ3) is 13.5. The maximum atomic E-state index is 13.0. The molecule has 7 aromatic rings. The Hall–Kier alpha value is -6.90. The fourth-order valence-electron chi connectivity index (χ4n) is 9.41. The maximum absolute atomic E-state index is 13.0. The van der Waals surface area contributed by atoms with Crippen molar-refractivity contribution in [2.75, 3.05) is 34.4 Å². The number of ether oxygens (including phenoxy) is 4. The number of hydrogen-bond donors (Lipinski definition) is 2. The Morgan fingerprint density at radius 1 is 0.603 bits per heavy atom. The van der Waals surface area contributed by atoms with E-state index in [1.54, 1.807) is 78.9 Å². The molecule has 1 fully saturated rings. The van der Waals surface area contributed by atoms with Gasteiger partial charge < -0.3 is 18.9 Å². The smallest absolute Gasteiger partial charge is 0.264 e. The molecular weight excluding hydrogens is 1120 g/mol. The van der Waals surface area contributed by atoms with Gasteiger partial charge in [0.2, 0.25) is 21.9 Å². The number of halogens is 4. The normalized spacial score (nSPS) is 14.3. The van der Waals surface area contributed by atoms with Crippen LogP contribution in [0.3, 0.4) is 0 Å². The minimum absolute atomic E-state index is 0.00293.